The lowest BCUT2D eigenvalue weighted by molar-refractivity contribution is 0.261. The average Bonchev–Trinajstić information content (AvgIpc) is 2.12. The normalized spacial score (nSPS) is 11.9. The molecular weight excluding hydrogens is 198 g/mol. The van der Waals surface area contributed by atoms with Crippen LogP contribution >= 0.6 is 0 Å². The van der Waals surface area contributed by atoms with Crippen LogP contribution in [0.3, 0.4) is 0 Å². The predicted octanol–water partition coefficient (Wildman–Crippen LogP) is 3.72. The SMILES string of the molecule is Cc1cc(OCC(C)C)ncc1C(C)(C)C. The Morgan fingerprint density at radius 2 is 1.94 bits per heavy atom. The second-order valence-electron chi connectivity index (χ2n) is 5.79. The first-order chi connectivity index (χ1) is 7.30. The molecule has 0 atom stereocenters. The summed E-state index contributed by atoms with van der Waals surface area (Å²) in [7, 11) is 0. The number of hydrogen-bond acceptors (Lipinski definition) is 2. The number of aromatic nitrogens is 1. The molecule has 0 bridgehead atoms. The number of nitrogens with zero attached hydrogens (tertiary/aromatic N) is 1. The molecule has 0 fully saturated rings. The molecule has 90 valence electrons. The highest BCUT2D eigenvalue weighted by molar-refractivity contribution is 5.32. The third-order valence-corrected chi connectivity index (χ3v) is 2.46. The first-order valence-corrected chi connectivity index (χ1v) is 5.90. The van der Waals surface area contributed by atoms with Crippen molar-refractivity contribution >= 4 is 0 Å². The molecule has 16 heavy (non-hydrogen) atoms. The summed E-state index contributed by atoms with van der Waals surface area (Å²) in [5.41, 5.74) is 2.68. The summed E-state index contributed by atoms with van der Waals surface area (Å²) in [5, 5.41) is 0. The van der Waals surface area contributed by atoms with Crippen LogP contribution in [-0.4, -0.2) is 11.6 Å². The number of rotatable bonds is 3. The smallest absolute Gasteiger partial charge is 0.213 e. The Morgan fingerprint density at radius 1 is 1.31 bits per heavy atom. The Hall–Kier alpha value is -1.05. The minimum Gasteiger partial charge on any atom is -0.477 e. The Morgan fingerprint density at radius 3 is 2.38 bits per heavy atom. The van der Waals surface area contributed by atoms with E-state index in [9.17, 15) is 0 Å². The summed E-state index contributed by atoms with van der Waals surface area (Å²) in [6.07, 6.45) is 1.94. The van der Waals surface area contributed by atoms with E-state index in [1.807, 2.05) is 12.3 Å². The van der Waals surface area contributed by atoms with Gasteiger partial charge in [-0.25, -0.2) is 4.98 Å². The summed E-state index contributed by atoms with van der Waals surface area (Å²) in [6.45, 7) is 13.7. The fourth-order valence-electron chi connectivity index (χ4n) is 1.65. The minimum absolute atomic E-state index is 0.146. The van der Waals surface area contributed by atoms with Crippen LogP contribution < -0.4 is 4.74 Å². The minimum atomic E-state index is 0.146. The van der Waals surface area contributed by atoms with Crippen molar-refractivity contribution in [3.63, 3.8) is 0 Å². The van der Waals surface area contributed by atoms with Gasteiger partial charge in [-0.05, 0) is 29.4 Å². The van der Waals surface area contributed by atoms with Gasteiger partial charge in [-0.2, -0.15) is 0 Å². The van der Waals surface area contributed by atoms with Crippen LogP contribution in [0.4, 0.5) is 0 Å². The second-order valence-corrected chi connectivity index (χ2v) is 5.79. The van der Waals surface area contributed by atoms with E-state index in [1.54, 1.807) is 0 Å². The van der Waals surface area contributed by atoms with Crippen LogP contribution in [0.1, 0.15) is 45.7 Å². The van der Waals surface area contributed by atoms with Crippen LogP contribution in [0.2, 0.25) is 0 Å². The Bertz CT molecular complexity index is 350. The molecule has 2 nitrogen and oxygen atoms in total. The zero-order valence-corrected chi connectivity index (χ0v) is 11.3. The summed E-state index contributed by atoms with van der Waals surface area (Å²) in [6, 6.07) is 2.03. The topological polar surface area (TPSA) is 22.1 Å². The van der Waals surface area contributed by atoms with E-state index in [1.165, 1.54) is 11.1 Å². The van der Waals surface area contributed by atoms with Gasteiger partial charge in [0.05, 0.1) is 6.61 Å². The second kappa shape index (κ2) is 4.86. The van der Waals surface area contributed by atoms with E-state index in [2.05, 4.69) is 46.5 Å². The van der Waals surface area contributed by atoms with Crippen molar-refractivity contribution in [2.45, 2.75) is 47.0 Å². The van der Waals surface area contributed by atoms with Crippen molar-refractivity contribution in [2.75, 3.05) is 6.61 Å². The Kier molecular flexibility index (Phi) is 3.95. The van der Waals surface area contributed by atoms with Gasteiger partial charge < -0.3 is 4.74 Å². The van der Waals surface area contributed by atoms with E-state index < -0.39 is 0 Å². The Balaban J connectivity index is 2.83. The molecule has 1 heterocycles. The van der Waals surface area contributed by atoms with Crippen molar-refractivity contribution < 1.29 is 4.74 Å². The van der Waals surface area contributed by atoms with E-state index in [0.29, 0.717) is 5.92 Å². The van der Waals surface area contributed by atoms with Gasteiger partial charge in [-0.3, -0.25) is 0 Å². The fourth-order valence-corrected chi connectivity index (χ4v) is 1.65. The summed E-state index contributed by atoms with van der Waals surface area (Å²) in [4.78, 5) is 4.36. The standard InChI is InChI=1S/C14H23NO/c1-10(2)9-16-13-7-11(3)12(8-15-13)14(4,5)6/h7-8,10H,9H2,1-6H3. The molecule has 2 heteroatoms. The first-order valence-electron chi connectivity index (χ1n) is 5.90. The zero-order valence-electron chi connectivity index (χ0n) is 11.3. The molecule has 0 saturated carbocycles. The van der Waals surface area contributed by atoms with Crippen molar-refractivity contribution in [2.24, 2.45) is 5.92 Å². The lowest BCUT2D eigenvalue weighted by atomic mass is 9.85. The molecule has 0 saturated heterocycles. The number of pyridine rings is 1. The number of ether oxygens (including phenoxy) is 1. The van der Waals surface area contributed by atoms with Crippen molar-refractivity contribution in [1.82, 2.24) is 4.98 Å². The molecule has 0 N–H and O–H groups in total. The van der Waals surface area contributed by atoms with Gasteiger partial charge in [0.1, 0.15) is 0 Å². The monoisotopic (exact) mass is 221 g/mol. The van der Waals surface area contributed by atoms with Gasteiger partial charge in [-0.1, -0.05) is 34.6 Å². The van der Waals surface area contributed by atoms with Gasteiger partial charge in [-0.15, -0.1) is 0 Å². The van der Waals surface area contributed by atoms with Gasteiger partial charge in [0.25, 0.3) is 0 Å². The van der Waals surface area contributed by atoms with Crippen LogP contribution in [0.25, 0.3) is 0 Å². The maximum atomic E-state index is 5.60. The maximum absolute atomic E-state index is 5.60. The highest BCUT2D eigenvalue weighted by atomic mass is 16.5. The first kappa shape index (κ1) is 13.0. The largest absolute Gasteiger partial charge is 0.477 e. The van der Waals surface area contributed by atoms with E-state index >= 15 is 0 Å². The van der Waals surface area contributed by atoms with Crippen LogP contribution in [0.15, 0.2) is 12.3 Å². The van der Waals surface area contributed by atoms with E-state index in [-0.39, 0.29) is 5.41 Å². The third kappa shape index (κ3) is 3.51. The quantitative estimate of drug-likeness (QED) is 0.776. The fraction of sp³-hybridized carbons (Fsp3) is 0.643. The van der Waals surface area contributed by atoms with E-state index in [0.717, 1.165) is 12.5 Å². The van der Waals surface area contributed by atoms with Crippen LogP contribution in [0, 0.1) is 12.8 Å². The molecule has 0 unspecified atom stereocenters. The van der Waals surface area contributed by atoms with Crippen LogP contribution in [-0.2, 0) is 5.41 Å². The maximum Gasteiger partial charge on any atom is 0.213 e. The average molecular weight is 221 g/mol. The molecule has 0 aromatic carbocycles. The van der Waals surface area contributed by atoms with Crippen molar-refractivity contribution in [1.29, 1.82) is 0 Å². The number of aryl methyl sites for hydroxylation is 1. The van der Waals surface area contributed by atoms with E-state index in [4.69, 9.17) is 4.74 Å². The zero-order chi connectivity index (χ0) is 12.3. The highest BCUT2D eigenvalue weighted by Gasteiger charge is 2.17. The predicted molar refractivity (Wildman–Crippen MR) is 68.0 cm³/mol. The van der Waals surface area contributed by atoms with Crippen LogP contribution in [0.5, 0.6) is 5.88 Å². The lowest BCUT2D eigenvalue weighted by Gasteiger charge is -2.21. The molecule has 0 aliphatic carbocycles. The van der Waals surface area contributed by atoms with Gasteiger partial charge in [0, 0.05) is 12.3 Å². The molecule has 1 aromatic rings. The molecule has 0 amide bonds. The molecule has 0 aliphatic heterocycles. The number of hydrogen-bond donors (Lipinski definition) is 0. The van der Waals surface area contributed by atoms with Gasteiger partial charge in [0.15, 0.2) is 0 Å². The molecule has 0 spiro atoms. The molecule has 1 aromatic heterocycles. The van der Waals surface area contributed by atoms with Crippen molar-refractivity contribution in [3.05, 3.63) is 23.4 Å². The summed E-state index contributed by atoms with van der Waals surface area (Å²) in [5.74, 6) is 1.27. The highest BCUT2D eigenvalue weighted by Crippen LogP contribution is 2.26. The van der Waals surface area contributed by atoms with Gasteiger partial charge >= 0.3 is 0 Å². The summed E-state index contributed by atoms with van der Waals surface area (Å²) < 4.78 is 5.60. The van der Waals surface area contributed by atoms with Crippen molar-refractivity contribution in [3.8, 4) is 5.88 Å². The Labute approximate surface area is 99.0 Å². The lowest BCUT2D eigenvalue weighted by Crippen LogP contribution is -2.14. The molecule has 0 radical (unpaired) electrons. The third-order valence-electron chi connectivity index (χ3n) is 2.46. The van der Waals surface area contributed by atoms with Gasteiger partial charge in [0.2, 0.25) is 5.88 Å². The molecular formula is C14H23NO. The summed E-state index contributed by atoms with van der Waals surface area (Å²) >= 11 is 0. The molecule has 1 rings (SSSR count). The molecule has 0 aliphatic rings.